The lowest BCUT2D eigenvalue weighted by Gasteiger charge is -2.12. The molecule has 15 heavy (non-hydrogen) atoms. The predicted molar refractivity (Wildman–Crippen MR) is 65.4 cm³/mol. The second kappa shape index (κ2) is 6.62. The van der Waals surface area contributed by atoms with E-state index in [1.807, 2.05) is 17.5 Å². The van der Waals surface area contributed by atoms with Crippen molar-refractivity contribution in [3.8, 4) is 0 Å². The van der Waals surface area contributed by atoms with Crippen LogP contribution in [0.4, 0.5) is 0 Å². The molecule has 1 N–H and O–H groups in total. The van der Waals surface area contributed by atoms with Gasteiger partial charge in [-0.25, -0.2) is 0 Å². The summed E-state index contributed by atoms with van der Waals surface area (Å²) >= 11 is 1.49. The Morgan fingerprint density at radius 2 is 2.33 bits per heavy atom. The van der Waals surface area contributed by atoms with E-state index in [1.165, 1.54) is 30.6 Å². The third kappa shape index (κ3) is 4.47. The number of nitrogens with one attached hydrogen (secondary N) is 1. The normalized spacial score (nSPS) is 12.4. The smallest absolute Gasteiger partial charge is 0.261 e. The van der Waals surface area contributed by atoms with Gasteiger partial charge in [0, 0.05) is 6.04 Å². The average Bonchev–Trinajstić information content (AvgIpc) is 2.70. The van der Waals surface area contributed by atoms with Crippen molar-refractivity contribution in [2.45, 2.75) is 45.6 Å². The molecular formula is C12H19NOS. The van der Waals surface area contributed by atoms with Crippen LogP contribution in [-0.2, 0) is 0 Å². The van der Waals surface area contributed by atoms with Crippen molar-refractivity contribution >= 4 is 17.2 Å². The quantitative estimate of drug-likeness (QED) is 0.738. The Balaban J connectivity index is 2.26. The second-order valence-corrected chi connectivity index (χ2v) is 4.80. The van der Waals surface area contributed by atoms with Gasteiger partial charge in [-0.2, -0.15) is 0 Å². The first kappa shape index (κ1) is 12.2. The lowest BCUT2D eigenvalue weighted by atomic mass is 10.1. The number of hydrogen-bond donors (Lipinski definition) is 1. The Morgan fingerprint density at radius 3 is 2.93 bits per heavy atom. The standard InChI is InChI=1S/C12H19NOS/c1-3-4-5-7-10(2)13-12(14)11-8-6-9-15-11/h6,8-10H,3-5,7H2,1-2H3,(H,13,14). The highest BCUT2D eigenvalue weighted by Gasteiger charge is 2.09. The highest BCUT2D eigenvalue weighted by molar-refractivity contribution is 7.12. The topological polar surface area (TPSA) is 29.1 Å². The maximum Gasteiger partial charge on any atom is 0.261 e. The molecule has 0 aliphatic rings. The minimum absolute atomic E-state index is 0.0639. The van der Waals surface area contributed by atoms with Gasteiger partial charge in [0.25, 0.3) is 5.91 Å². The Morgan fingerprint density at radius 1 is 1.53 bits per heavy atom. The fourth-order valence-corrected chi connectivity index (χ4v) is 2.10. The van der Waals surface area contributed by atoms with Crippen molar-refractivity contribution in [3.63, 3.8) is 0 Å². The summed E-state index contributed by atoms with van der Waals surface area (Å²) < 4.78 is 0. The predicted octanol–water partition coefficient (Wildman–Crippen LogP) is 3.45. The molecule has 0 aliphatic heterocycles. The maximum atomic E-state index is 11.6. The first-order chi connectivity index (χ1) is 7.24. The molecule has 0 aromatic carbocycles. The summed E-state index contributed by atoms with van der Waals surface area (Å²) in [5.41, 5.74) is 0. The van der Waals surface area contributed by atoms with Crippen LogP contribution in [0, 0.1) is 0 Å². The molecule has 84 valence electrons. The Labute approximate surface area is 95.7 Å². The van der Waals surface area contributed by atoms with Gasteiger partial charge in [0.15, 0.2) is 0 Å². The molecule has 2 nitrogen and oxygen atoms in total. The molecule has 0 bridgehead atoms. The van der Waals surface area contributed by atoms with Crippen LogP contribution in [0.3, 0.4) is 0 Å². The number of unbranched alkanes of at least 4 members (excludes halogenated alkanes) is 2. The maximum absolute atomic E-state index is 11.6. The highest BCUT2D eigenvalue weighted by atomic mass is 32.1. The van der Waals surface area contributed by atoms with Gasteiger partial charge in [0.2, 0.25) is 0 Å². The van der Waals surface area contributed by atoms with Gasteiger partial charge in [0.1, 0.15) is 0 Å². The van der Waals surface area contributed by atoms with E-state index in [1.54, 1.807) is 0 Å². The van der Waals surface area contributed by atoms with Crippen LogP contribution >= 0.6 is 11.3 Å². The zero-order valence-electron chi connectivity index (χ0n) is 9.45. The van der Waals surface area contributed by atoms with E-state index in [9.17, 15) is 4.79 Å². The summed E-state index contributed by atoms with van der Waals surface area (Å²) in [7, 11) is 0. The second-order valence-electron chi connectivity index (χ2n) is 3.85. The van der Waals surface area contributed by atoms with Gasteiger partial charge in [-0.05, 0) is 24.8 Å². The van der Waals surface area contributed by atoms with Crippen LogP contribution in [-0.4, -0.2) is 11.9 Å². The summed E-state index contributed by atoms with van der Waals surface area (Å²) in [6, 6.07) is 4.05. The van der Waals surface area contributed by atoms with E-state index >= 15 is 0 Å². The number of hydrogen-bond acceptors (Lipinski definition) is 2. The van der Waals surface area contributed by atoms with E-state index in [2.05, 4.69) is 19.2 Å². The molecule has 1 aromatic rings. The van der Waals surface area contributed by atoms with Crippen molar-refractivity contribution < 1.29 is 4.79 Å². The van der Waals surface area contributed by atoms with Gasteiger partial charge in [0.05, 0.1) is 4.88 Å². The third-order valence-electron chi connectivity index (χ3n) is 2.36. The van der Waals surface area contributed by atoms with Crippen molar-refractivity contribution in [2.75, 3.05) is 0 Å². The van der Waals surface area contributed by atoms with Crippen molar-refractivity contribution in [2.24, 2.45) is 0 Å². The van der Waals surface area contributed by atoms with Crippen molar-refractivity contribution in [1.82, 2.24) is 5.32 Å². The monoisotopic (exact) mass is 225 g/mol. The average molecular weight is 225 g/mol. The third-order valence-corrected chi connectivity index (χ3v) is 3.23. The van der Waals surface area contributed by atoms with Crippen LogP contribution in [0.1, 0.15) is 49.2 Å². The van der Waals surface area contributed by atoms with Gasteiger partial charge in [-0.15, -0.1) is 11.3 Å². The minimum atomic E-state index is 0.0639. The molecular weight excluding hydrogens is 206 g/mol. The van der Waals surface area contributed by atoms with Crippen molar-refractivity contribution in [3.05, 3.63) is 22.4 Å². The van der Waals surface area contributed by atoms with Crippen molar-refractivity contribution in [1.29, 1.82) is 0 Å². The lowest BCUT2D eigenvalue weighted by Crippen LogP contribution is -2.31. The highest BCUT2D eigenvalue weighted by Crippen LogP contribution is 2.09. The molecule has 1 aromatic heterocycles. The summed E-state index contributed by atoms with van der Waals surface area (Å²) in [5.74, 6) is 0.0639. The van der Waals surface area contributed by atoms with E-state index in [0.717, 1.165) is 11.3 Å². The molecule has 3 heteroatoms. The first-order valence-electron chi connectivity index (χ1n) is 5.58. The first-order valence-corrected chi connectivity index (χ1v) is 6.46. The molecule has 0 aliphatic carbocycles. The summed E-state index contributed by atoms with van der Waals surface area (Å²) in [4.78, 5) is 12.5. The number of thiophene rings is 1. The summed E-state index contributed by atoms with van der Waals surface area (Å²) in [5, 5.41) is 4.94. The zero-order valence-corrected chi connectivity index (χ0v) is 10.3. The molecule has 1 rings (SSSR count). The molecule has 0 saturated heterocycles. The fourth-order valence-electron chi connectivity index (χ4n) is 1.48. The molecule has 0 spiro atoms. The number of carbonyl (C=O) groups excluding carboxylic acids is 1. The molecule has 1 unspecified atom stereocenters. The van der Waals surface area contributed by atoms with Crippen LogP contribution in [0.25, 0.3) is 0 Å². The van der Waals surface area contributed by atoms with Crippen LogP contribution in [0.2, 0.25) is 0 Å². The van der Waals surface area contributed by atoms with Crippen LogP contribution in [0.15, 0.2) is 17.5 Å². The molecule has 1 atom stereocenters. The molecule has 0 radical (unpaired) electrons. The van der Waals surface area contributed by atoms with Gasteiger partial charge in [-0.1, -0.05) is 32.3 Å². The van der Waals surface area contributed by atoms with E-state index in [4.69, 9.17) is 0 Å². The molecule has 0 saturated carbocycles. The van der Waals surface area contributed by atoms with Gasteiger partial charge >= 0.3 is 0 Å². The van der Waals surface area contributed by atoms with Gasteiger partial charge in [-0.3, -0.25) is 4.79 Å². The minimum Gasteiger partial charge on any atom is -0.349 e. The molecule has 1 heterocycles. The Hall–Kier alpha value is -0.830. The zero-order chi connectivity index (χ0) is 11.1. The number of rotatable bonds is 6. The van der Waals surface area contributed by atoms with Gasteiger partial charge < -0.3 is 5.32 Å². The Kier molecular flexibility index (Phi) is 5.40. The lowest BCUT2D eigenvalue weighted by molar-refractivity contribution is 0.0942. The largest absolute Gasteiger partial charge is 0.349 e. The van der Waals surface area contributed by atoms with E-state index in [-0.39, 0.29) is 11.9 Å². The SMILES string of the molecule is CCCCCC(C)NC(=O)c1cccs1. The van der Waals surface area contributed by atoms with Crippen LogP contribution < -0.4 is 5.32 Å². The van der Waals surface area contributed by atoms with E-state index in [0.29, 0.717) is 0 Å². The van der Waals surface area contributed by atoms with Crippen LogP contribution in [0.5, 0.6) is 0 Å². The Bertz CT molecular complexity index is 282. The molecule has 0 fully saturated rings. The molecule has 1 amide bonds. The van der Waals surface area contributed by atoms with E-state index < -0.39 is 0 Å². The fraction of sp³-hybridized carbons (Fsp3) is 0.583. The summed E-state index contributed by atoms with van der Waals surface area (Å²) in [6.07, 6.45) is 4.75. The number of amides is 1. The summed E-state index contributed by atoms with van der Waals surface area (Å²) in [6.45, 7) is 4.26. The number of carbonyl (C=O) groups is 1.